The Morgan fingerprint density at radius 3 is 1.75 bits per heavy atom. The predicted molar refractivity (Wildman–Crippen MR) is 15.6 cm³/mol. The summed E-state index contributed by atoms with van der Waals surface area (Å²) in [6.45, 7) is 6.50. The zero-order valence-electron chi connectivity index (χ0n) is 2.40. The third-order valence-corrected chi connectivity index (χ3v) is 0. The summed E-state index contributed by atoms with van der Waals surface area (Å²) in [5, 5.41) is 0. The van der Waals surface area contributed by atoms with Crippen LogP contribution in [0.1, 0.15) is 0 Å². The van der Waals surface area contributed by atoms with Crippen molar-refractivity contribution in [3.63, 3.8) is 0 Å². The Kier molecular flexibility index (Phi) is 22.9. The van der Waals surface area contributed by atoms with Crippen molar-refractivity contribution in [1.29, 1.82) is 0 Å². The molecule has 4 heavy (non-hydrogen) atoms. The second-order valence-electron chi connectivity index (χ2n) is 0.289. The Balaban J connectivity index is 0. The normalized spacial score (nSPS) is 3.00. The van der Waals surface area contributed by atoms with Crippen LogP contribution in [-0.4, -0.2) is 0 Å². The standard InChI is InChI=1S/C3H5.Mo/c1-3-2;/h3H,1-2H2;/q-1;. The molecule has 0 rings (SSSR count). The quantitative estimate of drug-likeness (QED) is 0.345. The van der Waals surface area contributed by atoms with Gasteiger partial charge in [-0.05, 0) is 0 Å². The van der Waals surface area contributed by atoms with E-state index in [1.165, 1.54) is 6.08 Å². The number of allylic oxidation sites excluding steroid dienone is 1. The molecule has 0 aromatic heterocycles. The molecule has 0 saturated carbocycles. The fraction of sp³-hybridized carbons (Fsp3) is 0. The molecule has 0 spiro atoms. The number of hydrogen-bond acceptors (Lipinski definition) is 0. The van der Waals surface area contributed by atoms with Crippen LogP contribution in [0.25, 0.3) is 0 Å². The molecule has 0 heterocycles. The third kappa shape index (κ3) is 43.5. The van der Waals surface area contributed by atoms with Crippen molar-refractivity contribution in [1.82, 2.24) is 0 Å². The zero-order chi connectivity index (χ0) is 2.71. The van der Waals surface area contributed by atoms with Crippen LogP contribution in [0.5, 0.6) is 0 Å². The summed E-state index contributed by atoms with van der Waals surface area (Å²) in [6, 6.07) is 0. The predicted octanol–water partition coefficient (Wildman–Crippen LogP) is 1.00. The first-order chi connectivity index (χ1) is 1.41. The first-order valence-corrected chi connectivity index (χ1v) is 0.816. The van der Waals surface area contributed by atoms with Gasteiger partial charge >= 0.3 is 0 Å². The molecule has 0 saturated heterocycles. The molecular formula is C3H5Mo-. The van der Waals surface area contributed by atoms with Crippen molar-refractivity contribution in [2.45, 2.75) is 0 Å². The van der Waals surface area contributed by atoms with E-state index in [2.05, 4.69) is 13.5 Å². The molecule has 0 fully saturated rings. The van der Waals surface area contributed by atoms with Crippen LogP contribution >= 0.6 is 0 Å². The third-order valence-electron chi connectivity index (χ3n) is 0. The Bertz CT molecular complexity index is 10.8. The van der Waals surface area contributed by atoms with Gasteiger partial charge in [0, 0.05) is 21.1 Å². The Hall–Kier alpha value is 0.298. The van der Waals surface area contributed by atoms with Gasteiger partial charge in [-0.2, -0.15) is 0 Å². The van der Waals surface area contributed by atoms with E-state index in [0.717, 1.165) is 0 Å². The van der Waals surface area contributed by atoms with Crippen molar-refractivity contribution in [3.05, 3.63) is 19.6 Å². The summed E-state index contributed by atoms with van der Waals surface area (Å²) in [5.74, 6) is 0. The van der Waals surface area contributed by atoms with Crippen molar-refractivity contribution >= 4 is 0 Å². The van der Waals surface area contributed by atoms with Crippen LogP contribution in [0, 0.1) is 6.92 Å². The molecule has 0 aliphatic rings. The fourth-order valence-corrected chi connectivity index (χ4v) is 0. The van der Waals surface area contributed by atoms with E-state index in [9.17, 15) is 0 Å². The van der Waals surface area contributed by atoms with E-state index >= 15 is 0 Å². The largest absolute Gasteiger partial charge is 0.245 e. The summed E-state index contributed by atoms with van der Waals surface area (Å²) < 4.78 is 0. The van der Waals surface area contributed by atoms with Gasteiger partial charge < -0.3 is 0 Å². The molecule has 0 N–H and O–H groups in total. The van der Waals surface area contributed by atoms with Gasteiger partial charge in [0.2, 0.25) is 0 Å². The molecule has 0 amide bonds. The van der Waals surface area contributed by atoms with Crippen LogP contribution in [0.15, 0.2) is 12.7 Å². The average Bonchev–Trinajstić information content (AvgIpc) is 0.918. The molecular weight excluding hydrogens is 132 g/mol. The zero-order valence-corrected chi connectivity index (χ0v) is 4.41. The van der Waals surface area contributed by atoms with Crippen LogP contribution in [0.2, 0.25) is 0 Å². The number of rotatable bonds is 0. The Morgan fingerprint density at radius 2 is 1.75 bits per heavy atom. The molecule has 0 nitrogen and oxygen atoms in total. The first-order valence-electron chi connectivity index (χ1n) is 0.816. The summed E-state index contributed by atoms with van der Waals surface area (Å²) >= 11 is 0. The van der Waals surface area contributed by atoms with Crippen molar-refractivity contribution in [3.8, 4) is 0 Å². The molecule has 0 aromatic rings. The van der Waals surface area contributed by atoms with Gasteiger partial charge in [-0.15, -0.1) is 0 Å². The minimum absolute atomic E-state index is 0. The molecule has 0 radical (unpaired) electrons. The van der Waals surface area contributed by atoms with Gasteiger partial charge in [0.1, 0.15) is 0 Å². The molecule has 0 atom stereocenters. The van der Waals surface area contributed by atoms with Gasteiger partial charge in [0.05, 0.1) is 0 Å². The van der Waals surface area contributed by atoms with Crippen LogP contribution < -0.4 is 0 Å². The van der Waals surface area contributed by atoms with Crippen LogP contribution in [-0.2, 0) is 21.1 Å². The van der Waals surface area contributed by atoms with Crippen LogP contribution in [0.4, 0.5) is 0 Å². The van der Waals surface area contributed by atoms with E-state index in [-0.39, 0.29) is 21.1 Å². The molecule has 1 heteroatoms. The van der Waals surface area contributed by atoms with E-state index in [0.29, 0.717) is 0 Å². The second-order valence-corrected chi connectivity index (χ2v) is 0.289. The van der Waals surface area contributed by atoms with Crippen molar-refractivity contribution < 1.29 is 21.1 Å². The topological polar surface area (TPSA) is 0 Å². The van der Waals surface area contributed by atoms with Gasteiger partial charge in [-0.1, -0.05) is 0 Å². The minimum atomic E-state index is 0. The first kappa shape index (κ1) is 8.85. The molecule has 0 aliphatic carbocycles. The van der Waals surface area contributed by atoms with Gasteiger partial charge in [0.25, 0.3) is 0 Å². The maximum atomic E-state index is 3.25. The average molecular weight is 137 g/mol. The summed E-state index contributed by atoms with van der Waals surface area (Å²) in [5.41, 5.74) is 0. The smallest absolute Gasteiger partial charge is 0 e. The second kappa shape index (κ2) is 10.3. The summed E-state index contributed by atoms with van der Waals surface area (Å²) in [6.07, 6.45) is 1.50. The fourth-order valence-electron chi connectivity index (χ4n) is 0. The van der Waals surface area contributed by atoms with E-state index in [1.54, 1.807) is 0 Å². The molecule has 0 aromatic carbocycles. The van der Waals surface area contributed by atoms with Crippen molar-refractivity contribution in [2.75, 3.05) is 0 Å². The monoisotopic (exact) mass is 139 g/mol. The summed E-state index contributed by atoms with van der Waals surface area (Å²) in [4.78, 5) is 0. The van der Waals surface area contributed by atoms with E-state index in [1.807, 2.05) is 0 Å². The van der Waals surface area contributed by atoms with Gasteiger partial charge in [0.15, 0.2) is 0 Å². The molecule has 24 valence electrons. The SMILES string of the molecule is C=C[CH2-].[Mo]. The molecule has 0 aliphatic heterocycles. The minimum Gasteiger partial charge on any atom is -0.245 e. The van der Waals surface area contributed by atoms with Crippen LogP contribution in [0.3, 0.4) is 0 Å². The summed E-state index contributed by atoms with van der Waals surface area (Å²) in [7, 11) is 0. The maximum Gasteiger partial charge on any atom is 0 e. The van der Waals surface area contributed by atoms with E-state index in [4.69, 9.17) is 0 Å². The number of hydrogen-bond donors (Lipinski definition) is 0. The Labute approximate surface area is 41.2 Å². The van der Waals surface area contributed by atoms with E-state index < -0.39 is 0 Å². The van der Waals surface area contributed by atoms with Gasteiger partial charge in [-0.3, -0.25) is 0 Å². The molecule has 0 bridgehead atoms. The van der Waals surface area contributed by atoms with Gasteiger partial charge in [-0.25, -0.2) is 19.6 Å². The maximum absolute atomic E-state index is 3.25. The van der Waals surface area contributed by atoms with Crippen molar-refractivity contribution in [2.24, 2.45) is 0 Å². The molecule has 0 unspecified atom stereocenters. The Morgan fingerprint density at radius 1 is 1.75 bits per heavy atom.